The zero-order valence-electron chi connectivity index (χ0n) is 10.1. The molecule has 0 saturated heterocycles. The van der Waals surface area contributed by atoms with Gasteiger partial charge >= 0.3 is 6.03 Å². The van der Waals surface area contributed by atoms with E-state index in [-0.39, 0.29) is 12.7 Å². The summed E-state index contributed by atoms with van der Waals surface area (Å²) in [6.45, 7) is 1.97. The number of ether oxygens (including phenoxy) is 2. The van der Waals surface area contributed by atoms with E-state index in [9.17, 15) is 4.79 Å². The zero-order chi connectivity index (χ0) is 13.2. The molecular weight excluding hydrogens is 250 g/mol. The van der Waals surface area contributed by atoms with E-state index < -0.39 is 6.03 Å². The molecule has 98 valence electrons. The summed E-state index contributed by atoms with van der Waals surface area (Å²) in [6.07, 6.45) is 0. The molecule has 0 saturated carbocycles. The van der Waals surface area contributed by atoms with Crippen LogP contribution in [0.2, 0.25) is 0 Å². The molecule has 19 heavy (non-hydrogen) atoms. The van der Waals surface area contributed by atoms with Crippen molar-refractivity contribution in [2.75, 3.05) is 17.4 Å². The molecule has 0 spiro atoms. The third-order valence-corrected chi connectivity index (χ3v) is 2.50. The maximum absolute atomic E-state index is 11.7. The topological polar surface area (TPSA) is 85.6 Å². The van der Waals surface area contributed by atoms with Crippen LogP contribution in [0.3, 0.4) is 0 Å². The van der Waals surface area contributed by atoms with E-state index in [0.29, 0.717) is 22.9 Å². The van der Waals surface area contributed by atoms with Gasteiger partial charge in [0.15, 0.2) is 11.5 Å². The van der Waals surface area contributed by atoms with Gasteiger partial charge in [-0.15, -0.1) is 0 Å². The Hall–Kier alpha value is -2.70. The lowest BCUT2D eigenvalue weighted by Crippen LogP contribution is -2.18. The molecule has 0 bridgehead atoms. The molecular formula is C12H11N3O4. The fraction of sp³-hybridized carbons (Fsp3) is 0.167. The van der Waals surface area contributed by atoms with Gasteiger partial charge < -0.3 is 19.3 Å². The number of carbonyl (C=O) groups is 1. The number of benzene rings is 1. The number of anilines is 2. The van der Waals surface area contributed by atoms with Crippen LogP contribution in [0.4, 0.5) is 16.4 Å². The molecule has 1 aromatic heterocycles. The molecule has 1 aliphatic rings. The minimum absolute atomic E-state index is 0.197. The van der Waals surface area contributed by atoms with Crippen LogP contribution >= 0.6 is 0 Å². The van der Waals surface area contributed by atoms with Crippen LogP contribution in [0.1, 0.15) is 5.69 Å². The average molecular weight is 261 g/mol. The van der Waals surface area contributed by atoms with Gasteiger partial charge in [-0.1, -0.05) is 5.16 Å². The van der Waals surface area contributed by atoms with Crippen LogP contribution in [0.5, 0.6) is 11.5 Å². The quantitative estimate of drug-likeness (QED) is 0.866. The smallest absolute Gasteiger partial charge is 0.326 e. The monoisotopic (exact) mass is 261 g/mol. The van der Waals surface area contributed by atoms with Crippen LogP contribution in [0.25, 0.3) is 0 Å². The van der Waals surface area contributed by atoms with Crippen LogP contribution < -0.4 is 20.1 Å². The van der Waals surface area contributed by atoms with Crippen LogP contribution in [-0.4, -0.2) is 18.0 Å². The highest BCUT2D eigenvalue weighted by atomic mass is 16.7. The summed E-state index contributed by atoms with van der Waals surface area (Å²) >= 11 is 0. The fourth-order valence-electron chi connectivity index (χ4n) is 1.67. The minimum atomic E-state index is -0.421. The molecule has 2 heterocycles. The van der Waals surface area contributed by atoms with Crippen LogP contribution in [-0.2, 0) is 0 Å². The molecule has 0 radical (unpaired) electrons. The lowest BCUT2D eigenvalue weighted by atomic mass is 10.3. The summed E-state index contributed by atoms with van der Waals surface area (Å²) in [6, 6.07) is 6.34. The first kappa shape index (κ1) is 11.4. The number of aromatic nitrogens is 1. The summed E-state index contributed by atoms with van der Waals surface area (Å²) < 4.78 is 15.3. The molecule has 7 heteroatoms. The van der Waals surface area contributed by atoms with Gasteiger partial charge in [-0.05, 0) is 19.1 Å². The Balaban J connectivity index is 1.66. The van der Waals surface area contributed by atoms with Gasteiger partial charge in [-0.2, -0.15) is 0 Å². The molecule has 1 aliphatic heterocycles. The molecule has 0 atom stereocenters. The molecule has 3 rings (SSSR count). The summed E-state index contributed by atoms with van der Waals surface area (Å²) in [5.41, 5.74) is 1.29. The lowest BCUT2D eigenvalue weighted by Gasteiger charge is -2.05. The highest BCUT2D eigenvalue weighted by Crippen LogP contribution is 2.34. The van der Waals surface area contributed by atoms with Crippen molar-refractivity contribution in [2.24, 2.45) is 0 Å². The van der Waals surface area contributed by atoms with E-state index >= 15 is 0 Å². The molecule has 0 aliphatic carbocycles. The number of amides is 2. The second-order valence-electron chi connectivity index (χ2n) is 3.98. The molecule has 1 aromatic carbocycles. The van der Waals surface area contributed by atoms with Gasteiger partial charge in [0.05, 0.1) is 5.69 Å². The number of fused-ring (bicyclic) bond motifs is 1. The molecule has 2 N–H and O–H groups in total. The first-order valence-electron chi connectivity index (χ1n) is 5.62. The van der Waals surface area contributed by atoms with Crippen molar-refractivity contribution >= 4 is 17.6 Å². The highest BCUT2D eigenvalue weighted by Gasteiger charge is 2.14. The molecule has 2 aromatic rings. The molecule has 7 nitrogen and oxygen atoms in total. The fourth-order valence-corrected chi connectivity index (χ4v) is 1.67. The van der Waals surface area contributed by atoms with E-state index in [1.807, 2.05) is 0 Å². The zero-order valence-corrected chi connectivity index (χ0v) is 10.1. The average Bonchev–Trinajstić information content (AvgIpc) is 2.97. The highest BCUT2D eigenvalue weighted by molar-refractivity contribution is 5.99. The number of hydrogen-bond acceptors (Lipinski definition) is 5. The number of carbonyl (C=O) groups excluding carboxylic acids is 1. The number of nitrogens with zero attached hydrogens (tertiary/aromatic N) is 1. The Morgan fingerprint density at radius 1 is 1.21 bits per heavy atom. The first-order valence-corrected chi connectivity index (χ1v) is 5.62. The van der Waals surface area contributed by atoms with E-state index in [1.54, 1.807) is 31.2 Å². The SMILES string of the molecule is Cc1cc(NC(=O)Nc2ccc3c(c2)OCO3)on1. The predicted octanol–water partition coefficient (Wildman–Crippen LogP) is 2.36. The maximum atomic E-state index is 11.7. The summed E-state index contributed by atoms with van der Waals surface area (Å²) in [4.78, 5) is 11.7. The molecule has 2 amide bonds. The van der Waals surface area contributed by atoms with Crippen molar-refractivity contribution in [3.05, 3.63) is 30.0 Å². The van der Waals surface area contributed by atoms with Crippen molar-refractivity contribution in [2.45, 2.75) is 6.92 Å². The van der Waals surface area contributed by atoms with E-state index in [0.717, 1.165) is 0 Å². The maximum Gasteiger partial charge on any atom is 0.326 e. The summed E-state index contributed by atoms with van der Waals surface area (Å²) in [5.74, 6) is 1.56. The Morgan fingerprint density at radius 2 is 2.05 bits per heavy atom. The van der Waals surface area contributed by atoms with Crippen LogP contribution in [0.15, 0.2) is 28.8 Å². The number of aryl methyl sites for hydroxylation is 1. The van der Waals surface area contributed by atoms with E-state index in [4.69, 9.17) is 14.0 Å². The Bertz CT molecular complexity index is 623. The largest absolute Gasteiger partial charge is 0.454 e. The summed E-state index contributed by atoms with van der Waals surface area (Å²) in [7, 11) is 0. The Labute approximate surface area is 108 Å². The predicted molar refractivity (Wildman–Crippen MR) is 66.4 cm³/mol. The third-order valence-electron chi connectivity index (χ3n) is 2.50. The van der Waals surface area contributed by atoms with E-state index in [2.05, 4.69) is 15.8 Å². The van der Waals surface area contributed by atoms with Crippen LogP contribution in [0, 0.1) is 6.92 Å². The van der Waals surface area contributed by atoms with Crippen molar-refractivity contribution in [3.63, 3.8) is 0 Å². The van der Waals surface area contributed by atoms with Gasteiger partial charge in [0, 0.05) is 17.8 Å². The normalized spacial score (nSPS) is 12.3. The molecule has 0 unspecified atom stereocenters. The second kappa shape index (κ2) is 4.52. The Kier molecular flexibility index (Phi) is 2.71. The number of nitrogens with one attached hydrogen (secondary N) is 2. The lowest BCUT2D eigenvalue weighted by molar-refractivity contribution is 0.174. The van der Waals surface area contributed by atoms with Crippen molar-refractivity contribution in [1.82, 2.24) is 5.16 Å². The number of rotatable bonds is 2. The number of hydrogen-bond donors (Lipinski definition) is 2. The van der Waals surface area contributed by atoms with Gasteiger partial charge in [-0.3, -0.25) is 5.32 Å². The van der Waals surface area contributed by atoms with Gasteiger partial charge in [0.1, 0.15) is 0 Å². The van der Waals surface area contributed by atoms with Crippen molar-refractivity contribution < 1.29 is 18.8 Å². The minimum Gasteiger partial charge on any atom is -0.454 e. The van der Waals surface area contributed by atoms with Gasteiger partial charge in [0.25, 0.3) is 0 Å². The second-order valence-corrected chi connectivity index (χ2v) is 3.98. The van der Waals surface area contributed by atoms with Gasteiger partial charge in [0.2, 0.25) is 12.7 Å². The van der Waals surface area contributed by atoms with Gasteiger partial charge in [-0.25, -0.2) is 4.79 Å². The van der Waals surface area contributed by atoms with Crippen molar-refractivity contribution in [3.8, 4) is 11.5 Å². The van der Waals surface area contributed by atoms with Crippen molar-refractivity contribution in [1.29, 1.82) is 0 Å². The first-order chi connectivity index (χ1) is 9.20. The van der Waals surface area contributed by atoms with E-state index in [1.165, 1.54) is 0 Å². The standard InChI is InChI=1S/C12H11N3O4/c1-7-4-11(19-15-7)14-12(16)13-8-2-3-9-10(5-8)18-6-17-9/h2-5H,6H2,1H3,(H2,13,14,16). The summed E-state index contributed by atoms with van der Waals surface area (Å²) in [5, 5.41) is 8.85. The molecule has 0 fully saturated rings. The third kappa shape index (κ3) is 2.44. The number of urea groups is 1. The Morgan fingerprint density at radius 3 is 2.84 bits per heavy atom.